The SMILES string of the molecule is CC(=O)c1ccc(C2CO2)cc1F. The number of rotatable bonds is 2. The largest absolute Gasteiger partial charge is 0.368 e. The number of epoxide rings is 1. The van der Waals surface area contributed by atoms with Crippen molar-refractivity contribution < 1.29 is 13.9 Å². The number of ether oxygens (including phenoxy) is 1. The third-order valence-electron chi connectivity index (χ3n) is 2.08. The first-order chi connectivity index (χ1) is 6.18. The fraction of sp³-hybridized carbons (Fsp3) is 0.300. The molecule has 1 atom stereocenters. The zero-order valence-corrected chi connectivity index (χ0v) is 7.21. The smallest absolute Gasteiger partial charge is 0.162 e. The number of Topliss-reactive ketones (excluding diaryl/α,β-unsaturated/α-hetero) is 1. The van der Waals surface area contributed by atoms with Crippen LogP contribution in [-0.4, -0.2) is 12.4 Å². The van der Waals surface area contributed by atoms with E-state index in [1.54, 1.807) is 6.07 Å². The standard InChI is InChI=1S/C10H9FO2/c1-6(12)8-3-2-7(4-9(8)11)10-5-13-10/h2-4,10H,5H2,1H3. The molecule has 1 aliphatic heterocycles. The Bertz CT molecular complexity index is 356. The molecule has 0 spiro atoms. The summed E-state index contributed by atoms with van der Waals surface area (Å²) in [6.45, 7) is 2.00. The topological polar surface area (TPSA) is 29.6 Å². The molecule has 68 valence electrons. The quantitative estimate of drug-likeness (QED) is 0.515. The van der Waals surface area contributed by atoms with Gasteiger partial charge in [-0.15, -0.1) is 0 Å². The summed E-state index contributed by atoms with van der Waals surface area (Å²) in [6, 6.07) is 4.61. The number of hydrogen-bond donors (Lipinski definition) is 0. The number of ketones is 1. The van der Waals surface area contributed by atoms with Crippen LogP contribution in [0.5, 0.6) is 0 Å². The Morgan fingerprint density at radius 1 is 1.62 bits per heavy atom. The number of hydrogen-bond acceptors (Lipinski definition) is 2. The first-order valence-corrected chi connectivity index (χ1v) is 4.10. The highest BCUT2D eigenvalue weighted by atomic mass is 19.1. The van der Waals surface area contributed by atoms with Crippen molar-refractivity contribution in [2.24, 2.45) is 0 Å². The van der Waals surface area contributed by atoms with Crippen molar-refractivity contribution in [1.82, 2.24) is 0 Å². The lowest BCUT2D eigenvalue weighted by atomic mass is 10.1. The summed E-state index contributed by atoms with van der Waals surface area (Å²) in [4.78, 5) is 10.9. The minimum atomic E-state index is -0.458. The second-order valence-electron chi connectivity index (χ2n) is 3.12. The molecule has 13 heavy (non-hydrogen) atoms. The van der Waals surface area contributed by atoms with Crippen molar-refractivity contribution in [1.29, 1.82) is 0 Å². The van der Waals surface area contributed by atoms with Crippen LogP contribution in [0.3, 0.4) is 0 Å². The summed E-state index contributed by atoms with van der Waals surface area (Å²) in [5.41, 5.74) is 0.951. The Balaban J connectivity index is 2.36. The zero-order chi connectivity index (χ0) is 9.42. The van der Waals surface area contributed by atoms with Gasteiger partial charge in [-0.25, -0.2) is 4.39 Å². The predicted molar refractivity (Wildman–Crippen MR) is 45.1 cm³/mol. The van der Waals surface area contributed by atoms with Crippen LogP contribution in [0.25, 0.3) is 0 Å². The van der Waals surface area contributed by atoms with Crippen LogP contribution in [0, 0.1) is 5.82 Å². The van der Waals surface area contributed by atoms with Crippen LogP contribution in [0.2, 0.25) is 0 Å². The Morgan fingerprint density at radius 2 is 2.31 bits per heavy atom. The average Bonchev–Trinajstić information content (AvgIpc) is 2.85. The van der Waals surface area contributed by atoms with Gasteiger partial charge in [0.2, 0.25) is 0 Å². The summed E-state index contributed by atoms with van der Waals surface area (Å²) < 4.78 is 18.2. The highest BCUT2D eigenvalue weighted by molar-refractivity contribution is 5.94. The molecule has 1 saturated heterocycles. The van der Waals surface area contributed by atoms with Crippen LogP contribution in [0.4, 0.5) is 4.39 Å². The molecule has 0 aliphatic carbocycles. The Kier molecular flexibility index (Phi) is 1.88. The fourth-order valence-electron chi connectivity index (χ4n) is 1.26. The van der Waals surface area contributed by atoms with Gasteiger partial charge in [0.25, 0.3) is 0 Å². The second kappa shape index (κ2) is 2.92. The van der Waals surface area contributed by atoms with Gasteiger partial charge >= 0.3 is 0 Å². The van der Waals surface area contributed by atoms with Crippen LogP contribution in [0.1, 0.15) is 28.9 Å². The summed E-state index contributed by atoms with van der Waals surface area (Å²) >= 11 is 0. The van der Waals surface area contributed by atoms with Crippen molar-refractivity contribution in [2.45, 2.75) is 13.0 Å². The highest BCUT2D eigenvalue weighted by Gasteiger charge is 2.25. The molecule has 1 unspecified atom stereocenters. The lowest BCUT2D eigenvalue weighted by Crippen LogP contribution is -1.97. The Labute approximate surface area is 75.3 Å². The maximum Gasteiger partial charge on any atom is 0.162 e. The second-order valence-corrected chi connectivity index (χ2v) is 3.12. The van der Waals surface area contributed by atoms with Crippen LogP contribution < -0.4 is 0 Å². The fourth-order valence-corrected chi connectivity index (χ4v) is 1.26. The third-order valence-corrected chi connectivity index (χ3v) is 2.08. The van der Waals surface area contributed by atoms with Gasteiger partial charge in [-0.3, -0.25) is 4.79 Å². The van der Waals surface area contributed by atoms with Crippen molar-refractivity contribution >= 4 is 5.78 Å². The lowest BCUT2D eigenvalue weighted by molar-refractivity contribution is 0.101. The van der Waals surface area contributed by atoms with E-state index in [1.165, 1.54) is 19.1 Å². The first kappa shape index (κ1) is 8.38. The van der Waals surface area contributed by atoms with E-state index in [-0.39, 0.29) is 17.5 Å². The molecule has 1 aromatic rings. The molecule has 0 saturated carbocycles. The summed E-state index contributed by atoms with van der Waals surface area (Å²) in [6.07, 6.45) is 0.0375. The molecular formula is C10H9FO2. The Morgan fingerprint density at radius 3 is 2.77 bits per heavy atom. The van der Waals surface area contributed by atoms with E-state index in [2.05, 4.69) is 0 Å². The maximum absolute atomic E-state index is 13.2. The van der Waals surface area contributed by atoms with Gasteiger partial charge in [0.15, 0.2) is 5.78 Å². The van der Waals surface area contributed by atoms with E-state index in [9.17, 15) is 9.18 Å². The molecule has 2 nitrogen and oxygen atoms in total. The molecule has 3 heteroatoms. The van der Waals surface area contributed by atoms with Crippen LogP contribution in [-0.2, 0) is 4.74 Å². The molecule has 0 N–H and O–H groups in total. The van der Waals surface area contributed by atoms with E-state index in [0.29, 0.717) is 6.61 Å². The molecule has 1 aromatic carbocycles. The normalized spacial score (nSPS) is 20.0. The zero-order valence-electron chi connectivity index (χ0n) is 7.21. The van der Waals surface area contributed by atoms with Crippen molar-refractivity contribution in [3.63, 3.8) is 0 Å². The number of benzene rings is 1. The Hall–Kier alpha value is -1.22. The number of carbonyl (C=O) groups excluding carboxylic acids is 1. The monoisotopic (exact) mass is 180 g/mol. The molecule has 1 fully saturated rings. The van der Waals surface area contributed by atoms with Gasteiger partial charge < -0.3 is 4.74 Å². The van der Waals surface area contributed by atoms with Crippen molar-refractivity contribution in [3.05, 3.63) is 35.1 Å². The van der Waals surface area contributed by atoms with E-state index in [0.717, 1.165) is 5.56 Å². The third kappa shape index (κ3) is 1.60. The minimum Gasteiger partial charge on any atom is -0.368 e. The van der Waals surface area contributed by atoms with E-state index < -0.39 is 5.82 Å². The molecular weight excluding hydrogens is 171 g/mol. The van der Waals surface area contributed by atoms with Gasteiger partial charge in [-0.1, -0.05) is 6.07 Å². The molecule has 0 radical (unpaired) electrons. The van der Waals surface area contributed by atoms with Gasteiger partial charge in [0.05, 0.1) is 12.2 Å². The van der Waals surface area contributed by atoms with Gasteiger partial charge in [-0.05, 0) is 24.6 Å². The van der Waals surface area contributed by atoms with Crippen molar-refractivity contribution in [2.75, 3.05) is 6.61 Å². The molecule has 0 aromatic heterocycles. The highest BCUT2D eigenvalue weighted by Crippen LogP contribution is 2.30. The molecule has 0 bridgehead atoms. The van der Waals surface area contributed by atoms with E-state index in [4.69, 9.17) is 4.74 Å². The summed E-state index contributed by atoms with van der Waals surface area (Å²) in [5, 5.41) is 0. The van der Waals surface area contributed by atoms with E-state index in [1.807, 2.05) is 0 Å². The number of halogens is 1. The van der Waals surface area contributed by atoms with Gasteiger partial charge in [-0.2, -0.15) is 0 Å². The summed E-state index contributed by atoms with van der Waals surface area (Å²) in [7, 11) is 0. The molecule has 1 aliphatic rings. The molecule has 0 amide bonds. The predicted octanol–water partition coefficient (Wildman–Crippen LogP) is 2.10. The number of carbonyl (C=O) groups is 1. The van der Waals surface area contributed by atoms with Crippen molar-refractivity contribution in [3.8, 4) is 0 Å². The van der Waals surface area contributed by atoms with Crippen LogP contribution in [0.15, 0.2) is 18.2 Å². The lowest BCUT2D eigenvalue weighted by Gasteiger charge is -2.00. The minimum absolute atomic E-state index is 0.0375. The van der Waals surface area contributed by atoms with Gasteiger partial charge in [0.1, 0.15) is 11.9 Å². The van der Waals surface area contributed by atoms with Crippen LogP contribution >= 0.6 is 0 Å². The first-order valence-electron chi connectivity index (χ1n) is 4.10. The van der Waals surface area contributed by atoms with E-state index >= 15 is 0 Å². The van der Waals surface area contributed by atoms with Gasteiger partial charge in [0, 0.05) is 0 Å². The molecule has 1 heterocycles. The maximum atomic E-state index is 13.2. The summed E-state index contributed by atoms with van der Waals surface area (Å²) in [5.74, 6) is -0.707. The molecule has 2 rings (SSSR count). The average molecular weight is 180 g/mol.